The van der Waals surface area contributed by atoms with E-state index in [2.05, 4.69) is 11.1 Å². The van der Waals surface area contributed by atoms with E-state index in [9.17, 15) is 10.1 Å². The van der Waals surface area contributed by atoms with Crippen molar-refractivity contribution in [3.63, 3.8) is 0 Å². The van der Waals surface area contributed by atoms with Gasteiger partial charge in [0, 0.05) is 32.4 Å². The number of ether oxygens (including phenoxy) is 4. The quantitative estimate of drug-likeness (QED) is 0.453. The highest BCUT2D eigenvalue weighted by Gasteiger charge is 2.33. The highest BCUT2D eigenvalue weighted by molar-refractivity contribution is 5.97. The van der Waals surface area contributed by atoms with Crippen LogP contribution in [0.4, 0.5) is 0 Å². The molecule has 2 unspecified atom stereocenters. The van der Waals surface area contributed by atoms with Crippen LogP contribution in [0.5, 0.6) is 0 Å². The lowest BCUT2D eigenvalue weighted by Gasteiger charge is -2.19. The molecule has 1 aliphatic heterocycles. The fourth-order valence-corrected chi connectivity index (χ4v) is 3.18. The normalized spacial score (nSPS) is 24.3. The Morgan fingerprint density at radius 1 is 1.44 bits per heavy atom. The van der Waals surface area contributed by atoms with Gasteiger partial charge in [-0.3, -0.25) is 9.79 Å². The number of carbonyl (C=O) groups is 1. The molecule has 1 fully saturated rings. The Bertz CT molecular complexity index is 606. The topological polar surface area (TPSA) is 90.1 Å². The summed E-state index contributed by atoms with van der Waals surface area (Å²) in [6.45, 7) is 5.78. The third-order valence-corrected chi connectivity index (χ3v) is 4.56. The molecular weight excluding hydrogens is 348 g/mol. The van der Waals surface area contributed by atoms with Gasteiger partial charge >= 0.3 is 5.97 Å². The monoisotopic (exact) mass is 378 g/mol. The van der Waals surface area contributed by atoms with E-state index >= 15 is 0 Å². The van der Waals surface area contributed by atoms with Crippen molar-refractivity contribution in [1.29, 1.82) is 5.26 Å². The highest BCUT2D eigenvalue weighted by Crippen LogP contribution is 2.26. The number of methoxy groups -OCH3 is 1. The molecule has 0 aromatic rings. The van der Waals surface area contributed by atoms with E-state index in [1.165, 1.54) is 0 Å². The molecule has 0 aromatic heterocycles. The maximum absolute atomic E-state index is 12.4. The summed E-state index contributed by atoms with van der Waals surface area (Å²) in [6.07, 6.45) is 5.70. The summed E-state index contributed by atoms with van der Waals surface area (Å²) in [5.41, 5.74) is 1.74. The number of hydrogen-bond acceptors (Lipinski definition) is 7. The van der Waals surface area contributed by atoms with Crippen LogP contribution in [0.25, 0.3) is 0 Å². The molecule has 0 spiro atoms. The SMILES string of the molecule is COCCCN=C1C=C(C(C#N)C(=O)OCCC2COC(C)(C)O2)CCC1. The number of nitrogens with zero attached hydrogens (tertiary/aromatic N) is 2. The molecule has 27 heavy (non-hydrogen) atoms. The van der Waals surface area contributed by atoms with E-state index in [1.807, 2.05) is 19.9 Å². The lowest BCUT2D eigenvalue weighted by Crippen LogP contribution is -2.24. The number of carbonyl (C=O) groups excluding carboxylic acids is 1. The average Bonchev–Trinajstić information content (AvgIpc) is 2.99. The first-order valence-electron chi connectivity index (χ1n) is 9.56. The van der Waals surface area contributed by atoms with Crippen LogP contribution in [0, 0.1) is 17.2 Å². The summed E-state index contributed by atoms with van der Waals surface area (Å²) < 4.78 is 21.5. The van der Waals surface area contributed by atoms with Gasteiger partial charge in [-0.15, -0.1) is 0 Å². The van der Waals surface area contributed by atoms with Crippen molar-refractivity contribution in [2.24, 2.45) is 10.9 Å². The minimum atomic E-state index is -0.869. The van der Waals surface area contributed by atoms with Gasteiger partial charge < -0.3 is 18.9 Å². The number of allylic oxidation sites excluding steroid dienone is 1. The molecule has 7 heteroatoms. The summed E-state index contributed by atoms with van der Waals surface area (Å²) in [6, 6.07) is 2.09. The fourth-order valence-electron chi connectivity index (χ4n) is 3.18. The number of hydrogen-bond donors (Lipinski definition) is 0. The zero-order valence-corrected chi connectivity index (χ0v) is 16.5. The first kappa shape index (κ1) is 21.5. The molecule has 2 rings (SSSR count). The maximum Gasteiger partial charge on any atom is 0.327 e. The molecule has 2 aliphatic rings. The van der Waals surface area contributed by atoms with Crippen LogP contribution in [-0.4, -0.2) is 57.0 Å². The third kappa shape index (κ3) is 7.06. The molecule has 1 heterocycles. The molecule has 0 saturated carbocycles. The number of nitriles is 1. The molecule has 0 N–H and O–H groups in total. The van der Waals surface area contributed by atoms with E-state index in [1.54, 1.807) is 7.11 Å². The van der Waals surface area contributed by atoms with Gasteiger partial charge in [0.05, 0.1) is 25.4 Å². The zero-order chi connectivity index (χ0) is 19.7. The van der Waals surface area contributed by atoms with Gasteiger partial charge in [0.25, 0.3) is 0 Å². The Morgan fingerprint density at radius 3 is 2.93 bits per heavy atom. The first-order chi connectivity index (χ1) is 12.9. The Hall–Kier alpha value is -1.75. The van der Waals surface area contributed by atoms with Crippen LogP contribution in [0.2, 0.25) is 0 Å². The van der Waals surface area contributed by atoms with Crippen molar-refractivity contribution in [2.45, 2.75) is 57.8 Å². The van der Waals surface area contributed by atoms with Crippen molar-refractivity contribution < 1.29 is 23.7 Å². The molecular formula is C20H30N2O5. The largest absolute Gasteiger partial charge is 0.464 e. The lowest BCUT2D eigenvalue weighted by molar-refractivity contribution is -0.149. The first-order valence-corrected chi connectivity index (χ1v) is 9.56. The Labute approximate surface area is 161 Å². The smallest absolute Gasteiger partial charge is 0.327 e. The standard InChI is InChI=1S/C20H30N2O5/c1-20(2)26-14-17(27-20)8-11-25-19(23)18(13-21)15-6-4-7-16(12-15)22-9-5-10-24-3/h12,17-18H,4-11,14H2,1-3H3. The highest BCUT2D eigenvalue weighted by atomic mass is 16.7. The maximum atomic E-state index is 12.4. The van der Waals surface area contributed by atoms with Gasteiger partial charge in [-0.25, -0.2) is 0 Å². The molecule has 0 bridgehead atoms. The Kier molecular flexibility index (Phi) is 8.42. The van der Waals surface area contributed by atoms with Crippen molar-refractivity contribution in [3.8, 4) is 6.07 Å². The minimum Gasteiger partial charge on any atom is -0.464 e. The van der Waals surface area contributed by atoms with Crippen LogP contribution >= 0.6 is 0 Å². The number of esters is 1. The van der Waals surface area contributed by atoms with Gasteiger partial charge in [-0.05, 0) is 51.2 Å². The molecule has 2 atom stereocenters. The molecule has 0 aromatic carbocycles. The fraction of sp³-hybridized carbons (Fsp3) is 0.750. The molecule has 1 aliphatic carbocycles. The zero-order valence-electron chi connectivity index (χ0n) is 16.5. The summed E-state index contributed by atoms with van der Waals surface area (Å²) in [4.78, 5) is 16.9. The van der Waals surface area contributed by atoms with Crippen molar-refractivity contribution >= 4 is 11.7 Å². The van der Waals surface area contributed by atoms with E-state index in [-0.39, 0.29) is 12.7 Å². The van der Waals surface area contributed by atoms with E-state index in [0.717, 1.165) is 37.0 Å². The third-order valence-electron chi connectivity index (χ3n) is 4.56. The minimum absolute atomic E-state index is 0.0898. The second-order valence-corrected chi connectivity index (χ2v) is 7.26. The summed E-state index contributed by atoms with van der Waals surface area (Å²) >= 11 is 0. The average molecular weight is 378 g/mol. The van der Waals surface area contributed by atoms with Gasteiger partial charge in [0.15, 0.2) is 11.7 Å². The summed E-state index contributed by atoms with van der Waals surface area (Å²) in [5, 5.41) is 9.47. The van der Waals surface area contributed by atoms with Crippen LogP contribution in [0.15, 0.2) is 16.6 Å². The van der Waals surface area contributed by atoms with Crippen molar-refractivity contribution in [3.05, 3.63) is 11.6 Å². The van der Waals surface area contributed by atoms with E-state index < -0.39 is 17.7 Å². The predicted octanol–water partition coefficient (Wildman–Crippen LogP) is 2.80. The lowest BCUT2D eigenvalue weighted by atomic mass is 9.89. The van der Waals surface area contributed by atoms with Crippen LogP contribution in [0.3, 0.4) is 0 Å². The van der Waals surface area contributed by atoms with E-state index in [0.29, 0.717) is 26.2 Å². The molecule has 1 saturated heterocycles. The number of rotatable bonds is 9. The molecule has 150 valence electrons. The van der Waals surface area contributed by atoms with Crippen molar-refractivity contribution in [1.82, 2.24) is 0 Å². The predicted molar refractivity (Wildman–Crippen MR) is 100 cm³/mol. The van der Waals surface area contributed by atoms with Gasteiger partial charge in [-0.1, -0.05) is 0 Å². The Balaban J connectivity index is 1.84. The second kappa shape index (κ2) is 10.5. The Morgan fingerprint density at radius 2 is 2.26 bits per heavy atom. The van der Waals surface area contributed by atoms with Crippen LogP contribution in [0.1, 0.15) is 46.0 Å². The van der Waals surface area contributed by atoms with Crippen LogP contribution < -0.4 is 0 Å². The second-order valence-electron chi connectivity index (χ2n) is 7.26. The van der Waals surface area contributed by atoms with Gasteiger partial charge in [0.2, 0.25) is 0 Å². The number of aliphatic imine (C=N–C) groups is 1. The van der Waals surface area contributed by atoms with E-state index in [4.69, 9.17) is 18.9 Å². The van der Waals surface area contributed by atoms with Crippen LogP contribution in [-0.2, 0) is 23.7 Å². The summed E-state index contributed by atoms with van der Waals surface area (Å²) in [5.74, 6) is -1.95. The molecule has 0 amide bonds. The molecule has 7 nitrogen and oxygen atoms in total. The van der Waals surface area contributed by atoms with Gasteiger partial charge in [-0.2, -0.15) is 5.26 Å². The van der Waals surface area contributed by atoms with Gasteiger partial charge in [0.1, 0.15) is 0 Å². The summed E-state index contributed by atoms with van der Waals surface area (Å²) in [7, 11) is 1.67. The van der Waals surface area contributed by atoms with Crippen molar-refractivity contribution in [2.75, 3.05) is 33.5 Å². The molecule has 0 radical (unpaired) electrons.